The van der Waals surface area contributed by atoms with Gasteiger partial charge in [0.2, 0.25) is 0 Å². The summed E-state index contributed by atoms with van der Waals surface area (Å²) in [7, 11) is 0. The smallest absolute Gasteiger partial charge is 0.167 e. The fourth-order valence-corrected chi connectivity index (χ4v) is 3.66. The number of fused-ring (bicyclic) bond motifs is 2. The summed E-state index contributed by atoms with van der Waals surface area (Å²) < 4.78 is 11.9. The highest BCUT2D eigenvalue weighted by Crippen LogP contribution is 2.39. The van der Waals surface area contributed by atoms with Crippen molar-refractivity contribution in [3.05, 3.63) is 41.5 Å². The Balaban J connectivity index is 1.65. The Morgan fingerprint density at radius 2 is 2.12 bits per heavy atom. The van der Waals surface area contributed by atoms with Crippen LogP contribution in [0.15, 0.2) is 36.7 Å². The van der Waals surface area contributed by atoms with Gasteiger partial charge < -0.3 is 14.8 Å². The Labute approximate surface area is 144 Å². The minimum Gasteiger partial charge on any atom is -0.485 e. The molecular weight excluding hydrogens is 322 g/mol. The van der Waals surface area contributed by atoms with Crippen molar-refractivity contribution in [2.45, 2.75) is 32.4 Å². The van der Waals surface area contributed by atoms with Crippen LogP contribution < -0.4 is 14.8 Å². The largest absolute Gasteiger partial charge is 0.485 e. The van der Waals surface area contributed by atoms with E-state index in [0.717, 1.165) is 38.8 Å². The van der Waals surface area contributed by atoms with E-state index >= 15 is 0 Å². The first kappa shape index (κ1) is 15.2. The molecule has 6 heteroatoms. The van der Waals surface area contributed by atoms with Crippen molar-refractivity contribution in [2.24, 2.45) is 0 Å². The molecule has 1 N–H and O–H groups in total. The lowest BCUT2D eigenvalue weighted by Crippen LogP contribution is -2.20. The predicted molar refractivity (Wildman–Crippen MR) is 96.1 cm³/mol. The van der Waals surface area contributed by atoms with Crippen LogP contribution in [-0.2, 0) is 0 Å². The molecule has 0 fully saturated rings. The van der Waals surface area contributed by atoms with Gasteiger partial charge in [0.15, 0.2) is 17.6 Å². The summed E-state index contributed by atoms with van der Waals surface area (Å²) >= 11 is 1.63. The molecule has 0 aliphatic carbocycles. The normalized spacial score (nSPS) is 17.7. The second kappa shape index (κ2) is 6.28. The molecule has 0 saturated heterocycles. The number of hydrogen-bond donors (Lipinski definition) is 1. The molecule has 1 aliphatic heterocycles. The second-order valence-corrected chi connectivity index (χ2v) is 6.97. The molecule has 4 rings (SSSR count). The Bertz CT molecular complexity index is 864. The summed E-state index contributed by atoms with van der Waals surface area (Å²) in [6.07, 6.45) is 2.54. The van der Waals surface area contributed by atoms with Crippen LogP contribution in [0.1, 0.15) is 31.2 Å². The summed E-state index contributed by atoms with van der Waals surface area (Å²) in [6, 6.07) is 10.2. The molecule has 2 aromatic heterocycles. The molecule has 0 spiro atoms. The molecule has 24 heavy (non-hydrogen) atoms. The zero-order valence-electron chi connectivity index (χ0n) is 13.7. The van der Waals surface area contributed by atoms with Gasteiger partial charge in [-0.3, -0.25) is 0 Å². The van der Waals surface area contributed by atoms with Gasteiger partial charge in [0.25, 0.3) is 0 Å². The quantitative estimate of drug-likeness (QED) is 0.761. The molecule has 0 radical (unpaired) electrons. The minimum absolute atomic E-state index is 0.115. The number of nitrogens with one attached hydrogen (secondary N) is 1. The summed E-state index contributed by atoms with van der Waals surface area (Å²) in [4.78, 5) is 10.9. The van der Waals surface area contributed by atoms with E-state index in [0.29, 0.717) is 12.6 Å². The number of hydrogen-bond acceptors (Lipinski definition) is 6. The molecule has 2 atom stereocenters. The molecule has 1 aromatic carbocycles. The van der Waals surface area contributed by atoms with Gasteiger partial charge >= 0.3 is 0 Å². The minimum atomic E-state index is -0.115. The maximum Gasteiger partial charge on any atom is 0.167 e. The van der Waals surface area contributed by atoms with Crippen molar-refractivity contribution in [3.8, 4) is 11.5 Å². The van der Waals surface area contributed by atoms with Crippen LogP contribution >= 0.6 is 11.3 Å². The van der Waals surface area contributed by atoms with Crippen molar-refractivity contribution in [1.29, 1.82) is 0 Å². The number of nitrogens with zero attached hydrogens (tertiary/aromatic N) is 2. The van der Waals surface area contributed by atoms with E-state index in [-0.39, 0.29) is 6.10 Å². The van der Waals surface area contributed by atoms with Crippen LogP contribution in [0, 0.1) is 0 Å². The lowest BCUT2D eigenvalue weighted by molar-refractivity contribution is 0.0938. The van der Waals surface area contributed by atoms with Gasteiger partial charge in [0.05, 0.1) is 10.3 Å². The lowest BCUT2D eigenvalue weighted by atomic mass is 10.2. The second-order valence-electron chi connectivity index (χ2n) is 5.91. The zero-order valence-corrected chi connectivity index (χ0v) is 14.5. The number of aromatic nitrogens is 2. The monoisotopic (exact) mass is 341 g/mol. The van der Waals surface area contributed by atoms with E-state index in [1.165, 1.54) is 0 Å². The van der Waals surface area contributed by atoms with E-state index in [2.05, 4.69) is 35.2 Å². The summed E-state index contributed by atoms with van der Waals surface area (Å²) in [5.41, 5.74) is 0. The maximum absolute atomic E-state index is 6.11. The van der Waals surface area contributed by atoms with Crippen LogP contribution in [0.25, 0.3) is 10.2 Å². The topological polar surface area (TPSA) is 56.3 Å². The number of para-hydroxylation sites is 2. The Kier molecular flexibility index (Phi) is 3.98. The average molecular weight is 341 g/mol. The third-order valence-electron chi connectivity index (χ3n) is 4.17. The third-order valence-corrected chi connectivity index (χ3v) is 5.31. The molecule has 0 saturated carbocycles. The van der Waals surface area contributed by atoms with Crippen molar-refractivity contribution >= 4 is 27.4 Å². The van der Waals surface area contributed by atoms with Crippen LogP contribution in [0.2, 0.25) is 0 Å². The number of benzene rings is 1. The third kappa shape index (κ3) is 2.78. The summed E-state index contributed by atoms with van der Waals surface area (Å²) in [6.45, 7) is 4.81. The number of ether oxygens (including phenoxy) is 2. The first-order chi connectivity index (χ1) is 11.7. The van der Waals surface area contributed by atoms with E-state index in [4.69, 9.17) is 9.47 Å². The van der Waals surface area contributed by atoms with Gasteiger partial charge in [0.1, 0.15) is 23.6 Å². The molecular formula is C18H19N3O2S. The predicted octanol–water partition coefficient (Wildman–Crippen LogP) is 4.41. The molecule has 5 nitrogen and oxygen atoms in total. The Hall–Kier alpha value is -2.34. The summed E-state index contributed by atoms with van der Waals surface area (Å²) in [5.74, 6) is 2.47. The van der Waals surface area contributed by atoms with Crippen molar-refractivity contribution < 1.29 is 9.47 Å². The molecule has 0 amide bonds. The number of anilines is 1. The van der Waals surface area contributed by atoms with Gasteiger partial charge in [-0.15, -0.1) is 11.3 Å². The van der Waals surface area contributed by atoms with Crippen molar-refractivity contribution in [1.82, 2.24) is 9.97 Å². The molecule has 124 valence electrons. The molecule has 0 bridgehead atoms. The zero-order chi connectivity index (χ0) is 16.5. The molecule has 3 heterocycles. The maximum atomic E-state index is 6.11. The number of thiophene rings is 1. The van der Waals surface area contributed by atoms with Crippen LogP contribution in [0.5, 0.6) is 11.5 Å². The highest BCUT2D eigenvalue weighted by Gasteiger charge is 2.25. The fourth-order valence-electron chi connectivity index (χ4n) is 2.64. The average Bonchev–Trinajstić information content (AvgIpc) is 3.06. The van der Waals surface area contributed by atoms with Gasteiger partial charge in [-0.2, -0.15) is 0 Å². The summed E-state index contributed by atoms with van der Waals surface area (Å²) in [5, 5.41) is 4.49. The highest BCUT2D eigenvalue weighted by molar-refractivity contribution is 7.18. The highest BCUT2D eigenvalue weighted by atomic mass is 32.1. The van der Waals surface area contributed by atoms with Gasteiger partial charge in [0, 0.05) is 6.04 Å². The first-order valence-electron chi connectivity index (χ1n) is 8.14. The van der Waals surface area contributed by atoms with Gasteiger partial charge in [-0.1, -0.05) is 19.1 Å². The van der Waals surface area contributed by atoms with E-state index < -0.39 is 0 Å². The van der Waals surface area contributed by atoms with Crippen LogP contribution in [-0.4, -0.2) is 22.6 Å². The van der Waals surface area contributed by atoms with Gasteiger partial charge in [-0.25, -0.2) is 9.97 Å². The van der Waals surface area contributed by atoms with E-state index in [1.807, 2.05) is 24.3 Å². The van der Waals surface area contributed by atoms with Crippen molar-refractivity contribution in [2.75, 3.05) is 11.9 Å². The standard InChI is InChI=1S/C18H19N3O2S/c1-3-11(2)21-17-12-8-16(24-18(12)20-10-19-17)15-9-22-13-6-4-5-7-14(13)23-15/h4-8,10-11,15H,3,9H2,1-2H3,(H,19,20,21). The van der Waals surface area contributed by atoms with E-state index in [9.17, 15) is 0 Å². The lowest BCUT2D eigenvalue weighted by Gasteiger charge is -2.25. The van der Waals surface area contributed by atoms with Crippen molar-refractivity contribution in [3.63, 3.8) is 0 Å². The van der Waals surface area contributed by atoms with E-state index in [1.54, 1.807) is 17.7 Å². The molecule has 1 aliphatic rings. The Morgan fingerprint density at radius 3 is 2.96 bits per heavy atom. The van der Waals surface area contributed by atoms with Gasteiger partial charge in [-0.05, 0) is 31.5 Å². The first-order valence-corrected chi connectivity index (χ1v) is 8.95. The Morgan fingerprint density at radius 1 is 1.29 bits per heavy atom. The fraction of sp³-hybridized carbons (Fsp3) is 0.333. The molecule has 2 unspecified atom stereocenters. The van der Waals surface area contributed by atoms with Crippen LogP contribution in [0.4, 0.5) is 5.82 Å². The van der Waals surface area contributed by atoms with Crippen LogP contribution in [0.3, 0.4) is 0 Å². The number of rotatable bonds is 4. The SMILES string of the molecule is CCC(C)Nc1ncnc2sc(C3COc4ccccc4O3)cc12. The molecule has 3 aromatic rings.